The molecule has 1 saturated heterocycles. The van der Waals surface area contributed by atoms with Crippen LogP contribution in [-0.4, -0.2) is 37.4 Å². The molecular formula is C22H25ClN4O3. The molecule has 1 aliphatic heterocycles. The van der Waals surface area contributed by atoms with Gasteiger partial charge in [-0.1, -0.05) is 11.6 Å². The maximum Gasteiger partial charge on any atom is 0.251 e. The van der Waals surface area contributed by atoms with E-state index in [-0.39, 0.29) is 24.8 Å². The molecule has 0 spiro atoms. The summed E-state index contributed by atoms with van der Waals surface area (Å²) < 4.78 is 0. The second-order valence-corrected chi connectivity index (χ2v) is 7.64. The average molecular weight is 429 g/mol. The third-order valence-corrected chi connectivity index (χ3v) is 5.25. The fourth-order valence-electron chi connectivity index (χ4n) is 3.41. The highest BCUT2D eigenvalue weighted by Crippen LogP contribution is 2.29. The van der Waals surface area contributed by atoms with Crippen LogP contribution in [0.3, 0.4) is 0 Å². The number of hydrogen-bond donors (Lipinski definition) is 3. The Labute approximate surface area is 180 Å². The zero-order valence-corrected chi connectivity index (χ0v) is 17.4. The molecule has 8 heteroatoms. The topological polar surface area (TPSA) is 105 Å². The summed E-state index contributed by atoms with van der Waals surface area (Å²) >= 11 is 5.82. The SMILES string of the molecule is NC(=O)c1ccc(N2CCCCC2)c(NC(=O)CCNC(=O)c2ccc(Cl)cc2)c1. The molecule has 2 aromatic carbocycles. The lowest BCUT2D eigenvalue weighted by atomic mass is 10.1. The van der Waals surface area contributed by atoms with Crippen LogP contribution in [0.4, 0.5) is 11.4 Å². The van der Waals surface area contributed by atoms with Crippen LogP contribution in [0.2, 0.25) is 5.02 Å². The number of nitrogens with two attached hydrogens (primary N) is 1. The molecule has 7 nitrogen and oxygen atoms in total. The molecule has 0 aliphatic carbocycles. The summed E-state index contributed by atoms with van der Waals surface area (Å²) in [6.07, 6.45) is 3.45. The molecule has 2 aromatic rings. The summed E-state index contributed by atoms with van der Waals surface area (Å²) in [7, 11) is 0. The third-order valence-electron chi connectivity index (χ3n) is 5.00. The van der Waals surface area contributed by atoms with Crippen molar-refractivity contribution in [3.05, 3.63) is 58.6 Å². The zero-order chi connectivity index (χ0) is 21.5. The molecule has 30 heavy (non-hydrogen) atoms. The molecule has 3 rings (SSSR count). The molecule has 4 N–H and O–H groups in total. The lowest BCUT2D eigenvalue weighted by Crippen LogP contribution is -2.31. The number of primary amides is 1. The number of rotatable bonds is 7. The number of carbonyl (C=O) groups excluding carboxylic acids is 3. The van der Waals surface area contributed by atoms with Crippen LogP contribution < -0.4 is 21.3 Å². The van der Waals surface area contributed by atoms with Crippen LogP contribution in [0.15, 0.2) is 42.5 Å². The molecule has 0 radical (unpaired) electrons. The Balaban J connectivity index is 1.61. The normalized spacial score (nSPS) is 13.6. The van der Waals surface area contributed by atoms with E-state index in [1.54, 1.807) is 36.4 Å². The lowest BCUT2D eigenvalue weighted by Gasteiger charge is -2.30. The molecule has 158 valence electrons. The number of anilines is 2. The van der Waals surface area contributed by atoms with E-state index in [0.29, 0.717) is 21.8 Å². The van der Waals surface area contributed by atoms with Gasteiger partial charge in [-0.05, 0) is 61.7 Å². The van der Waals surface area contributed by atoms with Crippen molar-refractivity contribution in [2.45, 2.75) is 25.7 Å². The van der Waals surface area contributed by atoms with Crippen LogP contribution in [0.1, 0.15) is 46.4 Å². The Morgan fingerprint density at radius 1 is 0.967 bits per heavy atom. The first-order chi connectivity index (χ1) is 14.4. The molecule has 0 atom stereocenters. The predicted molar refractivity (Wildman–Crippen MR) is 118 cm³/mol. The molecule has 0 saturated carbocycles. The van der Waals surface area contributed by atoms with Gasteiger partial charge in [0.2, 0.25) is 11.8 Å². The number of nitrogens with zero attached hydrogens (tertiary/aromatic N) is 1. The molecule has 1 heterocycles. The second kappa shape index (κ2) is 10.1. The second-order valence-electron chi connectivity index (χ2n) is 7.20. The Kier molecular flexibility index (Phi) is 7.30. The molecular weight excluding hydrogens is 404 g/mol. The zero-order valence-electron chi connectivity index (χ0n) is 16.6. The van der Waals surface area contributed by atoms with Crippen molar-refractivity contribution in [1.29, 1.82) is 0 Å². The highest BCUT2D eigenvalue weighted by atomic mass is 35.5. The Morgan fingerprint density at radius 2 is 1.63 bits per heavy atom. The highest BCUT2D eigenvalue weighted by molar-refractivity contribution is 6.30. The Morgan fingerprint density at radius 3 is 2.30 bits per heavy atom. The molecule has 0 unspecified atom stereocenters. The predicted octanol–water partition coefficient (Wildman–Crippen LogP) is 3.19. The van der Waals surface area contributed by atoms with Crippen molar-refractivity contribution in [3.8, 4) is 0 Å². The number of amides is 3. The van der Waals surface area contributed by atoms with Gasteiger partial charge in [0.15, 0.2) is 0 Å². The van der Waals surface area contributed by atoms with Crippen LogP contribution in [0, 0.1) is 0 Å². The van der Waals surface area contributed by atoms with Crippen LogP contribution in [0.5, 0.6) is 0 Å². The van der Waals surface area contributed by atoms with Gasteiger partial charge >= 0.3 is 0 Å². The van der Waals surface area contributed by atoms with Gasteiger partial charge in [-0.3, -0.25) is 14.4 Å². The molecule has 3 amide bonds. The van der Waals surface area contributed by atoms with E-state index in [0.717, 1.165) is 31.6 Å². The van der Waals surface area contributed by atoms with E-state index in [1.807, 2.05) is 6.07 Å². The number of carbonyl (C=O) groups is 3. The highest BCUT2D eigenvalue weighted by Gasteiger charge is 2.17. The van der Waals surface area contributed by atoms with E-state index in [2.05, 4.69) is 15.5 Å². The van der Waals surface area contributed by atoms with E-state index < -0.39 is 5.91 Å². The van der Waals surface area contributed by atoms with E-state index in [9.17, 15) is 14.4 Å². The van der Waals surface area contributed by atoms with Crippen molar-refractivity contribution >= 4 is 40.7 Å². The first kappa shape index (κ1) is 21.6. The minimum absolute atomic E-state index is 0.0968. The fraction of sp³-hybridized carbons (Fsp3) is 0.318. The number of halogens is 1. The van der Waals surface area contributed by atoms with Crippen molar-refractivity contribution in [2.24, 2.45) is 5.73 Å². The first-order valence-electron chi connectivity index (χ1n) is 9.96. The van der Waals surface area contributed by atoms with Gasteiger partial charge in [0.1, 0.15) is 0 Å². The van der Waals surface area contributed by atoms with Gasteiger partial charge in [-0.2, -0.15) is 0 Å². The molecule has 1 aliphatic rings. The van der Waals surface area contributed by atoms with Gasteiger partial charge in [-0.25, -0.2) is 0 Å². The molecule has 0 bridgehead atoms. The van der Waals surface area contributed by atoms with Gasteiger partial charge in [0.05, 0.1) is 11.4 Å². The monoisotopic (exact) mass is 428 g/mol. The largest absolute Gasteiger partial charge is 0.370 e. The van der Waals surface area contributed by atoms with Crippen LogP contribution in [0.25, 0.3) is 0 Å². The van der Waals surface area contributed by atoms with E-state index >= 15 is 0 Å². The van der Waals surface area contributed by atoms with Gasteiger partial charge in [-0.15, -0.1) is 0 Å². The van der Waals surface area contributed by atoms with Crippen molar-refractivity contribution in [3.63, 3.8) is 0 Å². The summed E-state index contributed by atoms with van der Waals surface area (Å²) in [6.45, 7) is 1.98. The van der Waals surface area contributed by atoms with E-state index in [4.69, 9.17) is 17.3 Å². The maximum absolute atomic E-state index is 12.5. The number of hydrogen-bond acceptors (Lipinski definition) is 4. The first-order valence-corrected chi connectivity index (χ1v) is 10.3. The Bertz CT molecular complexity index is 924. The quantitative estimate of drug-likeness (QED) is 0.629. The van der Waals surface area contributed by atoms with Crippen molar-refractivity contribution in [2.75, 3.05) is 29.9 Å². The third kappa shape index (κ3) is 5.73. The minimum atomic E-state index is -0.550. The number of nitrogens with one attached hydrogen (secondary N) is 2. The number of piperidine rings is 1. The van der Waals surface area contributed by atoms with Crippen LogP contribution in [-0.2, 0) is 4.79 Å². The lowest BCUT2D eigenvalue weighted by molar-refractivity contribution is -0.116. The summed E-state index contributed by atoms with van der Waals surface area (Å²) in [5.74, 6) is -1.08. The summed E-state index contributed by atoms with van der Waals surface area (Å²) in [5.41, 5.74) is 7.64. The standard InChI is InChI=1S/C22H25ClN4O3/c23-17-7-4-15(5-8-17)22(30)25-11-10-20(28)26-18-14-16(21(24)29)6-9-19(18)27-12-2-1-3-13-27/h4-9,14H,1-3,10-13H2,(H2,24,29)(H,25,30)(H,26,28). The minimum Gasteiger partial charge on any atom is -0.370 e. The smallest absolute Gasteiger partial charge is 0.251 e. The Hall–Kier alpha value is -3.06. The molecule has 1 fully saturated rings. The van der Waals surface area contributed by atoms with Gasteiger partial charge in [0.25, 0.3) is 5.91 Å². The van der Waals surface area contributed by atoms with Crippen LogP contribution >= 0.6 is 11.6 Å². The summed E-state index contributed by atoms with van der Waals surface area (Å²) in [4.78, 5) is 38.4. The van der Waals surface area contributed by atoms with Gasteiger partial charge < -0.3 is 21.3 Å². The number of benzene rings is 2. The average Bonchev–Trinajstić information content (AvgIpc) is 2.74. The summed E-state index contributed by atoms with van der Waals surface area (Å²) in [5, 5.41) is 6.13. The van der Waals surface area contributed by atoms with Gasteiger partial charge in [0, 0.05) is 42.2 Å². The summed E-state index contributed by atoms with van der Waals surface area (Å²) in [6, 6.07) is 11.6. The van der Waals surface area contributed by atoms with Crippen molar-refractivity contribution in [1.82, 2.24) is 5.32 Å². The maximum atomic E-state index is 12.5. The van der Waals surface area contributed by atoms with Crippen molar-refractivity contribution < 1.29 is 14.4 Å². The fourth-order valence-corrected chi connectivity index (χ4v) is 3.53. The van der Waals surface area contributed by atoms with E-state index in [1.165, 1.54) is 6.42 Å². The molecule has 0 aromatic heterocycles.